The van der Waals surface area contributed by atoms with E-state index >= 15 is 0 Å². The summed E-state index contributed by atoms with van der Waals surface area (Å²) < 4.78 is 12.6. The van der Waals surface area contributed by atoms with Crippen LogP contribution >= 0.6 is 8.03 Å². The number of aliphatic carboxylic acids is 1. The van der Waals surface area contributed by atoms with Crippen molar-refractivity contribution in [3.05, 3.63) is 90.5 Å². The standard InChI is InChI=1S/C27H30NO5P.2Na/c1-21(29)28(25-18-16-24(17-19-25)23-14-8-3-9-15-23)27(26(30)31,34(32)33)20-10-4-7-13-22-11-5-2-6-12-22;;/h2-3,5-6,8-9,11-12,14-19,34H,4,7,10,13,20H2,1H3,(H,30,31)(H,32,33);;/t27-;;/m1../s1. The zero-order valence-corrected chi connectivity index (χ0v) is 26.2. The van der Waals surface area contributed by atoms with Gasteiger partial charge in [-0.15, -0.1) is 0 Å². The number of hydrogen-bond donors (Lipinski definition) is 2. The summed E-state index contributed by atoms with van der Waals surface area (Å²) in [7, 11) is -3.67. The van der Waals surface area contributed by atoms with Crippen molar-refractivity contribution >= 4 is 84.7 Å². The Labute approximate surface area is 257 Å². The molecule has 3 rings (SSSR count). The van der Waals surface area contributed by atoms with Crippen LogP contribution in [0, 0.1) is 0 Å². The van der Waals surface area contributed by atoms with Crippen LogP contribution < -0.4 is 4.90 Å². The summed E-state index contributed by atoms with van der Waals surface area (Å²) in [5.41, 5.74) is 3.34. The predicted molar refractivity (Wildman–Crippen MR) is 147 cm³/mol. The third-order valence-corrected chi connectivity index (χ3v) is 7.38. The first kappa shape index (κ1) is 32.8. The van der Waals surface area contributed by atoms with Gasteiger partial charge in [0.2, 0.25) is 19.2 Å². The molecular formula is C27H30NNa2O5P. The molecule has 2 radical (unpaired) electrons. The van der Waals surface area contributed by atoms with Gasteiger partial charge in [0.15, 0.2) is 0 Å². The number of amides is 1. The van der Waals surface area contributed by atoms with Gasteiger partial charge in [0.1, 0.15) is 0 Å². The molecule has 0 saturated carbocycles. The average Bonchev–Trinajstić information content (AvgIpc) is 2.84. The van der Waals surface area contributed by atoms with Crippen LogP contribution in [0.5, 0.6) is 0 Å². The van der Waals surface area contributed by atoms with Gasteiger partial charge in [0.05, 0.1) is 0 Å². The fourth-order valence-corrected chi connectivity index (χ4v) is 5.30. The van der Waals surface area contributed by atoms with Crippen molar-refractivity contribution in [1.82, 2.24) is 0 Å². The molecule has 36 heavy (non-hydrogen) atoms. The van der Waals surface area contributed by atoms with E-state index in [1.165, 1.54) is 12.5 Å². The number of unbranched alkanes of at least 4 members (excludes halogenated alkanes) is 2. The Morgan fingerprint density at radius 3 is 1.83 bits per heavy atom. The summed E-state index contributed by atoms with van der Waals surface area (Å²) in [4.78, 5) is 36.3. The Bertz CT molecular complexity index is 1110. The van der Waals surface area contributed by atoms with Crippen molar-refractivity contribution in [2.24, 2.45) is 0 Å². The number of carboxylic acids is 1. The van der Waals surface area contributed by atoms with E-state index in [4.69, 9.17) is 0 Å². The second-order valence-corrected chi connectivity index (χ2v) is 9.72. The number of rotatable bonds is 11. The Hall–Kier alpha value is -1.21. The molecule has 0 fully saturated rings. The van der Waals surface area contributed by atoms with Crippen LogP contribution in [0.4, 0.5) is 5.69 Å². The van der Waals surface area contributed by atoms with Gasteiger partial charge in [-0.05, 0) is 54.5 Å². The van der Waals surface area contributed by atoms with E-state index in [1.54, 1.807) is 24.3 Å². The van der Waals surface area contributed by atoms with Gasteiger partial charge in [-0.25, -0.2) is 4.79 Å². The first-order valence-corrected chi connectivity index (χ1v) is 12.7. The number of carbonyl (C=O) groups excluding carboxylic acids is 1. The number of anilines is 1. The van der Waals surface area contributed by atoms with Gasteiger partial charge in [0, 0.05) is 71.7 Å². The summed E-state index contributed by atoms with van der Waals surface area (Å²) in [6.07, 6.45) is 2.63. The van der Waals surface area contributed by atoms with Gasteiger partial charge in [0.25, 0.3) is 0 Å². The molecular weight excluding hydrogens is 495 g/mol. The summed E-state index contributed by atoms with van der Waals surface area (Å²) in [5.74, 6) is -2.06. The zero-order chi connectivity index (χ0) is 24.6. The maximum atomic E-state index is 12.7. The van der Waals surface area contributed by atoms with E-state index < -0.39 is 25.2 Å². The number of aryl methyl sites for hydroxylation is 1. The largest absolute Gasteiger partial charge is 0.479 e. The van der Waals surface area contributed by atoms with Crippen molar-refractivity contribution in [3.8, 4) is 11.1 Å². The molecule has 3 aromatic rings. The Morgan fingerprint density at radius 1 is 0.806 bits per heavy atom. The molecule has 0 spiro atoms. The maximum absolute atomic E-state index is 12.7. The van der Waals surface area contributed by atoms with E-state index in [0.29, 0.717) is 12.8 Å². The molecule has 3 aromatic carbocycles. The number of carbonyl (C=O) groups is 2. The molecule has 9 heteroatoms. The molecule has 0 saturated heterocycles. The SMILES string of the molecule is CC(=O)N(c1ccc(-c2ccccc2)cc1)[C@@](CCCCCc1ccccc1)(C(=O)O)[PH](=O)O.[Na].[Na]. The quantitative estimate of drug-likeness (QED) is 0.209. The van der Waals surface area contributed by atoms with E-state index in [9.17, 15) is 24.2 Å². The summed E-state index contributed by atoms with van der Waals surface area (Å²) in [6, 6.07) is 26.4. The second kappa shape index (κ2) is 15.9. The number of hydrogen-bond acceptors (Lipinski definition) is 3. The molecule has 2 atom stereocenters. The first-order valence-electron chi connectivity index (χ1n) is 11.3. The molecule has 1 amide bonds. The minimum atomic E-state index is -3.67. The van der Waals surface area contributed by atoms with Crippen molar-refractivity contribution < 1.29 is 24.2 Å². The minimum absolute atomic E-state index is 0. The average molecular weight is 525 g/mol. The van der Waals surface area contributed by atoms with Crippen molar-refractivity contribution in [2.45, 2.75) is 44.3 Å². The zero-order valence-electron chi connectivity index (χ0n) is 21.2. The summed E-state index contributed by atoms with van der Waals surface area (Å²) in [5, 5.41) is 7.92. The Balaban J connectivity index is 0.00000324. The third-order valence-electron chi connectivity index (χ3n) is 5.98. The van der Waals surface area contributed by atoms with Crippen LogP contribution in [0.15, 0.2) is 84.9 Å². The fraction of sp³-hybridized carbons (Fsp3) is 0.259. The second-order valence-electron chi connectivity index (χ2n) is 8.28. The van der Waals surface area contributed by atoms with E-state index in [1.807, 2.05) is 60.7 Å². The van der Waals surface area contributed by atoms with Crippen molar-refractivity contribution in [1.29, 1.82) is 0 Å². The van der Waals surface area contributed by atoms with Crippen molar-refractivity contribution in [2.75, 3.05) is 4.90 Å². The molecule has 1 unspecified atom stereocenters. The fourth-order valence-electron chi connectivity index (χ4n) is 4.24. The third kappa shape index (κ3) is 8.14. The van der Waals surface area contributed by atoms with Crippen LogP contribution in [0.2, 0.25) is 0 Å². The molecule has 0 bridgehead atoms. The minimum Gasteiger partial charge on any atom is -0.479 e. The number of benzene rings is 3. The molecule has 2 N–H and O–H groups in total. The van der Waals surface area contributed by atoms with E-state index in [2.05, 4.69) is 0 Å². The van der Waals surface area contributed by atoms with Gasteiger partial charge in [-0.2, -0.15) is 0 Å². The van der Waals surface area contributed by atoms with Gasteiger partial charge in [-0.3, -0.25) is 14.3 Å². The maximum Gasteiger partial charge on any atom is 0.339 e. The van der Waals surface area contributed by atoms with Crippen LogP contribution in [-0.2, 0) is 20.6 Å². The van der Waals surface area contributed by atoms with Crippen LogP contribution in [0.1, 0.15) is 38.2 Å². The summed E-state index contributed by atoms with van der Waals surface area (Å²) in [6.45, 7) is 1.23. The molecule has 6 nitrogen and oxygen atoms in total. The van der Waals surface area contributed by atoms with Crippen LogP contribution in [0.25, 0.3) is 11.1 Å². The molecule has 0 aliphatic heterocycles. The van der Waals surface area contributed by atoms with E-state index in [0.717, 1.165) is 28.9 Å². The van der Waals surface area contributed by atoms with Gasteiger partial charge in [-0.1, -0.05) is 79.2 Å². The smallest absolute Gasteiger partial charge is 0.339 e. The van der Waals surface area contributed by atoms with Crippen LogP contribution in [0.3, 0.4) is 0 Å². The molecule has 0 heterocycles. The monoisotopic (exact) mass is 525 g/mol. The van der Waals surface area contributed by atoms with Crippen LogP contribution in [-0.4, -0.2) is 86.3 Å². The summed E-state index contributed by atoms with van der Waals surface area (Å²) >= 11 is 0. The number of carboxylic acid groups (broad SMARTS) is 1. The molecule has 0 aliphatic rings. The topological polar surface area (TPSA) is 94.9 Å². The predicted octanol–water partition coefficient (Wildman–Crippen LogP) is 5.00. The van der Waals surface area contributed by atoms with Gasteiger partial charge < -0.3 is 10.00 Å². The molecule has 0 aliphatic carbocycles. The number of nitrogens with zero attached hydrogens (tertiary/aromatic N) is 1. The first-order chi connectivity index (χ1) is 16.4. The van der Waals surface area contributed by atoms with Crippen molar-refractivity contribution in [3.63, 3.8) is 0 Å². The Morgan fingerprint density at radius 2 is 1.33 bits per heavy atom. The molecule has 0 aromatic heterocycles. The molecule has 180 valence electrons. The van der Waals surface area contributed by atoms with E-state index in [-0.39, 0.29) is 71.2 Å². The normalized spacial score (nSPS) is 12.8. The Kier molecular flexibility index (Phi) is 14.5. The van der Waals surface area contributed by atoms with Gasteiger partial charge >= 0.3 is 5.97 Å².